The number of nitrogens with zero attached hydrogens (tertiary/aromatic N) is 16. The Kier molecular flexibility index (Phi) is 31.9. The van der Waals surface area contributed by atoms with Gasteiger partial charge in [-0.3, -0.25) is 9.97 Å². The monoisotopic (exact) mass is 1590 g/mol. The third kappa shape index (κ3) is 25.8. The van der Waals surface area contributed by atoms with Crippen LogP contribution in [0.5, 0.6) is 0 Å². The molecule has 0 amide bonds. The summed E-state index contributed by atoms with van der Waals surface area (Å²) in [5.41, 5.74) is 27.5. The summed E-state index contributed by atoms with van der Waals surface area (Å²) in [6.45, 7) is 15.6. The molecule has 0 fully saturated rings. The summed E-state index contributed by atoms with van der Waals surface area (Å²) in [5.74, 6) is 2.40. The highest BCUT2D eigenvalue weighted by Crippen LogP contribution is 2.35. The van der Waals surface area contributed by atoms with E-state index in [2.05, 4.69) is 186 Å². The molecule has 0 aliphatic carbocycles. The molecule has 596 valence electrons. The fourth-order valence-corrected chi connectivity index (χ4v) is 12.4. The summed E-state index contributed by atoms with van der Waals surface area (Å²) >= 11 is 0. The van der Waals surface area contributed by atoms with Gasteiger partial charge in [0.05, 0.1) is 80.2 Å². The number of hydrogen-bond donors (Lipinski definition) is 0. The quantitative estimate of drug-likeness (QED) is 0.118. The molecule has 19 rings (SSSR count). The Morgan fingerprint density at radius 3 is 0.926 bits per heavy atom. The van der Waals surface area contributed by atoms with Crippen LogP contribution in [0.1, 0.15) is 45.8 Å². The molecular formula is C106H92N16. The molecule has 11 aromatic carbocycles. The smallest absolute Gasteiger partial charge is 0.126 e. The lowest BCUT2D eigenvalue weighted by Crippen LogP contribution is -2.00. The van der Waals surface area contributed by atoms with E-state index >= 15 is 0 Å². The second-order valence-electron chi connectivity index (χ2n) is 27.7. The molecule has 0 saturated heterocycles. The van der Waals surface area contributed by atoms with Gasteiger partial charge < -0.3 is 0 Å². The summed E-state index contributed by atoms with van der Waals surface area (Å²) in [4.78, 5) is 69.3. The standard InChI is InChI=1S/C23H18N2.4C17H14N2.3C5H6N2/c1-17-21(18-11-5-2-6-12-18)25-23(20-15-9-4-10-16-20)22(24-17)19-13-7-3-8-14-19;1-13-18-12-16(14-8-4-2-5-9-14)17(19-13)15-10-6-3-7-11-15;1-13-17(15-10-6-3-7-11-15)19-16(12-18-13)14-8-4-2-5-9-14;1-13-18-16(14-8-4-2-5-9-14)12-17(19-13)15-10-6-3-7-11-15;1-13-12-18-16(14-8-4-2-5-9-14)17(19-13)15-10-6-3-7-11-15;1-5-2-6-4-7-3-5;1-5-2-3-6-4-7-5;1-5-6-3-2-4-7-5/h2-16H,1H3;4*2-12H,1H3;3*2-4H,1H3. The van der Waals surface area contributed by atoms with Gasteiger partial charge in [0, 0.05) is 110 Å². The number of rotatable bonds is 11. The van der Waals surface area contributed by atoms with Crippen LogP contribution in [0.3, 0.4) is 0 Å². The third-order valence-electron chi connectivity index (χ3n) is 18.4. The molecule has 122 heavy (non-hydrogen) atoms. The zero-order valence-corrected chi connectivity index (χ0v) is 69.4. The maximum Gasteiger partial charge on any atom is 0.126 e. The van der Waals surface area contributed by atoms with Gasteiger partial charge in [0.2, 0.25) is 0 Å². The van der Waals surface area contributed by atoms with E-state index in [0.717, 1.165) is 170 Å². The van der Waals surface area contributed by atoms with Crippen LogP contribution in [-0.4, -0.2) is 79.7 Å². The van der Waals surface area contributed by atoms with E-state index in [1.165, 1.54) is 12.7 Å². The lowest BCUT2D eigenvalue weighted by atomic mass is 10.0. The topological polar surface area (TPSA) is 206 Å². The fraction of sp³-hybridized carbons (Fsp3) is 0.0755. The van der Waals surface area contributed by atoms with E-state index in [4.69, 9.17) is 15.0 Å². The Morgan fingerprint density at radius 2 is 0.549 bits per heavy atom. The Balaban J connectivity index is 0.000000132. The summed E-state index contributed by atoms with van der Waals surface area (Å²) in [7, 11) is 0. The molecule has 16 heteroatoms. The summed E-state index contributed by atoms with van der Waals surface area (Å²) in [6.07, 6.45) is 17.3. The second-order valence-corrected chi connectivity index (χ2v) is 27.7. The number of aryl methyl sites for hydroxylation is 8. The second kappa shape index (κ2) is 45.5. The first kappa shape index (κ1) is 85.4. The van der Waals surface area contributed by atoms with Gasteiger partial charge in [-0.15, -0.1) is 0 Å². The molecule has 0 aliphatic rings. The largest absolute Gasteiger partial charge is 0.257 e. The molecule has 8 heterocycles. The molecule has 0 spiro atoms. The molecule has 0 N–H and O–H groups in total. The van der Waals surface area contributed by atoms with Gasteiger partial charge in [-0.05, 0) is 84.7 Å². The summed E-state index contributed by atoms with van der Waals surface area (Å²) in [6, 6.07) is 118. The molecule has 0 atom stereocenters. The molecule has 0 aliphatic heterocycles. The summed E-state index contributed by atoms with van der Waals surface area (Å²) in [5, 5.41) is 0. The lowest BCUT2D eigenvalue weighted by Gasteiger charge is -2.13. The van der Waals surface area contributed by atoms with Crippen LogP contribution >= 0.6 is 0 Å². The van der Waals surface area contributed by atoms with Gasteiger partial charge in [-0.2, -0.15) is 0 Å². The molecule has 0 bridgehead atoms. The van der Waals surface area contributed by atoms with Crippen molar-refractivity contribution in [3.05, 3.63) is 460 Å². The zero-order valence-electron chi connectivity index (χ0n) is 69.4. The summed E-state index contributed by atoms with van der Waals surface area (Å²) < 4.78 is 0. The van der Waals surface area contributed by atoms with Crippen molar-refractivity contribution in [2.75, 3.05) is 0 Å². The third-order valence-corrected chi connectivity index (χ3v) is 18.4. The molecular weight excluding hydrogens is 1500 g/mol. The zero-order chi connectivity index (χ0) is 84.7. The van der Waals surface area contributed by atoms with Gasteiger partial charge >= 0.3 is 0 Å². The molecule has 0 unspecified atom stereocenters. The van der Waals surface area contributed by atoms with E-state index in [1.54, 1.807) is 37.1 Å². The van der Waals surface area contributed by atoms with Crippen molar-refractivity contribution in [2.45, 2.75) is 55.4 Å². The van der Waals surface area contributed by atoms with Crippen LogP contribution in [0.15, 0.2) is 414 Å². The first-order chi connectivity index (χ1) is 59.9. The minimum absolute atomic E-state index is 0.790. The highest BCUT2D eigenvalue weighted by molar-refractivity contribution is 5.82. The van der Waals surface area contributed by atoms with E-state index in [0.29, 0.717) is 0 Å². The van der Waals surface area contributed by atoms with E-state index in [-0.39, 0.29) is 0 Å². The average Bonchev–Trinajstić information content (AvgIpc) is 0.773. The minimum atomic E-state index is 0.790. The maximum absolute atomic E-state index is 5.03. The average molecular weight is 1590 g/mol. The molecule has 0 radical (unpaired) electrons. The van der Waals surface area contributed by atoms with Crippen molar-refractivity contribution in [1.82, 2.24) is 79.7 Å². The van der Waals surface area contributed by atoms with E-state index < -0.39 is 0 Å². The maximum atomic E-state index is 5.03. The number of aromatic nitrogens is 16. The molecule has 0 saturated carbocycles. The molecule has 16 nitrogen and oxygen atoms in total. The van der Waals surface area contributed by atoms with Crippen LogP contribution in [-0.2, 0) is 0 Å². The van der Waals surface area contributed by atoms with Crippen molar-refractivity contribution in [3.8, 4) is 124 Å². The number of hydrogen-bond acceptors (Lipinski definition) is 16. The predicted octanol–water partition coefficient (Wildman–Crippen LogP) is 24.6. The fourth-order valence-electron chi connectivity index (χ4n) is 12.4. The highest BCUT2D eigenvalue weighted by atomic mass is 14.9. The van der Waals surface area contributed by atoms with Crippen LogP contribution in [0.2, 0.25) is 0 Å². The normalized spacial score (nSPS) is 10.1. The van der Waals surface area contributed by atoms with Gasteiger partial charge in [0.15, 0.2) is 0 Å². The van der Waals surface area contributed by atoms with E-state index in [1.807, 2.05) is 298 Å². The van der Waals surface area contributed by atoms with Crippen LogP contribution in [0.4, 0.5) is 0 Å². The van der Waals surface area contributed by atoms with Crippen molar-refractivity contribution in [2.24, 2.45) is 0 Å². The predicted molar refractivity (Wildman–Crippen MR) is 494 cm³/mol. The van der Waals surface area contributed by atoms with Crippen LogP contribution < -0.4 is 0 Å². The van der Waals surface area contributed by atoms with Gasteiger partial charge in [-0.1, -0.05) is 334 Å². The van der Waals surface area contributed by atoms with Crippen LogP contribution in [0, 0.1) is 55.4 Å². The Labute approximate surface area is 714 Å². The van der Waals surface area contributed by atoms with Crippen molar-refractivity contribution in [3.63, 3.8) is 0 Å². The van der Waals surface area contributed by atoms with Gasteiger partial charge in [0.25, 0.3) is 0 Å². The lowest BCUT2D eigenvalue weighted by molar-refractivity contribution is 1.05. The number of benzene rings is 11. The van der Waals surface area contributed by atoms with Gasteiger partial charge in [0.1, 0.15) is 30.1 Å². The molecule has 19 aromatic rings. The first-order valence-electron chi connectivity index (χ1n) is 39.9. The van der Waals surface area contributed by atoms with Crippen molar-refractivity contribution in [1.29, 1.82) is 0 Å². The van der Waals surface area contributed by atoms with Crippen molar-refractivity contribution < 1.29 is 0 Å². The SMILES string of the molecule is Cc1ccncn1.Cc1cnc(-c2ccccc2)c(-c2ccccc2)n1.Cc1cncnc1.Cc1nc(-c2ccccc2)c(-c2ccccc2)nc1-c1ccccc1.Cc1nc(-c2ccccc2)cc(-c2ccccc2)n1.Cc1ncc(-c2ccccc2)c(-c2ccccc2)n1.Cc1ncc(-c2ccccc2)nc1-c1ccccc1.Cc1ncccn1. The highest BCUT2D eigenvalue weighted by Gasteiger charge is 2.18. The van der Waals surface area contributed by atoms with E-state index in [9.17, 15) is 0 Å². The Bertz CT molecular complexity index is 6000. The Hall–Kier alpha value is -15.9. The first-order valence-corrected chi connectivity index (χ1v) is 39.9. The Morgan fingerprint density at radius 1 is 0.180 bits per heavy atom. The minimum Gasteiger partial charge on any atom is -0.257 e. The molecule has 8 aromatic heterocycles. The van der Waals surface area contributed by atoms with Gasteiger partial charge in [-0.25, -0.2) is 69.8 Å². The van der Waals surface area contributed by atoms with Crippen molar-refractivity contribution >= 4 is 0 Å². The van der Waals surface area contributed by atoms with Crippen LogP contribution in [0.25, 0.3) is 124 Å².